The summed E-state index contributed by atoms with van der Waals surface area (Å²) in [6.07, 6.45) is 0. The molecule has 2 aromatic carbocycles. The molecule has 0 saturated carbocycles. The third kappa shape index (κ3) is 2.91. The minimum atomic E-state index is -0.635. The van der Waals surface area contributed by atoms with E-state index >= 15 is 0 Å². The largest absolute Gasteiger partial charge is 0.493 e. The lowest BCUT2D eigenvalue weighted by Gasteiger charge is -2.09. The third-order valence-electron chi connectivity index (χ3n) is 3.39. The molecule has 0 aliphatic carbocycles. The van der Waals surface area contributed by atoms with Crippen molar-refractivity contribution in [1.29, 1.82) is 0 Å². The summed E-state index contributed by atoms with van der Waals surface area (Å²) >= 11 is 0. The second-order valence-electron chi connectivity index (χ2n) is 4.85. The maximum Gasteiger partial charge on any atom is 0.348 e. The molecule has 122 valence electrons. The summed E-state index contributed by atoms with van der Waals surface area (Å²) < 4.78 is 15.4. The number of carbonyl (C=O) groups excluding carboxylic acids is 1. The standard InChI is InChI=1S/C17H14N2O5/c1-22-13-8-11-12(9-14(13)23-2)18-17(24-16(11)21)19-15(20)10-6-4-3-5-7-10/h3-9H,1-2H3,(H,18,19,20). The van der Waals surface area contributed by atoms with Gasteiger partial charge in [0.25, 0.3) is 5.91 Å². The van der Waals surface area contributed by atoms with E-state index in [2.05, 4.69) is 10.3 Å². The molecular weight excluding hydrogens is 312 g/mol. The number of methoxy groups -OCH3 is 2. The molecule has 3 aromatic rings. The van der Waals surface area contributed by atoms with Crippen LogP contribution in [-0.2, 0) is 0 Å². The highest BCUT2D eigenvalue weighted by molar-refractivity contribution is 6.03. The van der Waals surface area contributed by atoms with Gasteiger partial charge in [-0.25, -0.2) is 4.79 Å². The van der Waals surface area contributed by atoms with Gasteiger partial charge in [0.2, 0.25) is 0 Å². The summed E-state index contributed by atoms with van der Waals surface area (Å²) in [6, 6.07) is 11.4. The molecule has 3 rings (SSSR count). The van der Waals surface area contributed by atoms with Crippen molar-refractivity contribution in [3.8, 4) is 11.5 Å². The topological polar surface area (TPSA) is 90.7 Å². The van der Waals surface area contributed by atoms with Gasteiger partial charge in [0.05, 0.1) is 25.1 Å². The molecule has 0 saturated heterocycles. The molecule has 0 radical (unpaired) electrons. The Morgan fingerprint density at radius 1 is 1.08 bits per heavy atom. The first-order chi connectivity index (χ1) is 11.6. The molecular formula is C17H14N2O5. The zero-order valence-corrected chi connectivity index (χ0v) is 13.0. The summed E-state index contributed by atoms with van der Waals surface area (Å²) in [7, 11) is 2.94. The maximum absolute atomic E-state index is 12.1. The van der Waals surface area contributed by atoms with Crippen molar-refractivity contribution in [1.82, 2.24) is 4.98 Å². The number of hydrogen-bond acceptors (Lipinski definition) is 6. The van der Waals surface area contributed by atoms with Crippen LogP contribution in [0.2, 0.25) is 0 Å². The Labute approximate surface area is 136 Å². The molecule has 0 spiro atoms. The Balaban J connectivity index is 2.01. The third-order valence-corrected chi connectivity index (χ3v) is 3.39. The first-order valence-corrected chi connectivity index (χ1v) is 7.05. The summed E-state index contributed by atoms with van der Waals surface area (Å²) in [5, 5.41) is 2.70. The average molecular weight is 326 g/mol. The highest BCUT2D eigenvalue weighted by Crippen LogP contribution is 2.30. The van der Waals surface area contributed by atoms with Crippen LogP contribution in [0.25, 0.3) is 10.9 Å². The molecule has 0 unspecified atom stereocenters. The van der Waals surface area contributed by atoms with Gasteiger partial charge < -0.3 is 13.9 Å². The number of nitrogens with one attached hydrogen (secondary N) is 1. The van der Waals surface area contributed by atoms with Crippen molar-refractivity contribution < 1.29 is 18.7 Å². The maximum atomic E-state index is 12.1. The molecule has 7 heteroatoms. The number of hydrogen-bond donors (Lipinski definition) is 1. The van der Waals surface area contributed by atoms with Crippen LogP contribution in [0.3, 0.4) is 0 Å². The Kier molecular flexibility index (Phi) is 4.15. The van der Waals surface area contributed by atoms with Gasteiger partial charge >= 0.3 is 11.6 Å². The van der Waals surface area contributed by atoms with Crippen LogP contribution in [0.5, 0.6) is 11.5 Å². The molecule has 7 nitrogen and oxygen atoms in total. The minimum absolute atomic E-state index is 0.187. The predicted molar refractivity (Wildman–Crippen MR) is 87.8 cm³/mol. The van der Waals surface area contributed by atoms with Crippen molar-refractivity contribution in [2.45, 2.75) is 0 Å². The lowest BCUT2D eigenvalue weighted by molar-refractivity contribution is 0.102. The van der Waals surface area contributed by atoms with Crippen molar-refractivity contribution in [2.75, 3.05) is 19.5 Å². The summed E-state index contributed by atoms with van der Waals surface area (Å²) in [5.41, 5.74) is 0.117. The van der Waals surface area contributed by atoms with E-state index in [-0.39, 0.29) is 11.4 Å². The molecule has 1 N–H and O–H groups in total. The fourth-order valence-electron chi connectivity index (χ4n) is 2.21. The normalized spacial score (nSPS) is 10.4. The predicted octanol–water partition coefficient (Wildman–Crippen LogP) is 2.46. The van der Waals surface area contributed by atoms with Gasteiger partial charge in [-0.3, -0.25) is 10.1 Å². The van der Waals surface area contributed by atoms with Crippen LogP contribution in [0.15, 0.2) is 51.7 Å². The fourth-order valence-corrected chi connectivity index (χ4v) is 2.21. The highest BCUT2D eigenvalue weighted by Gasteiger charge is 2.14. The Morgan fingerprint density at radius 3 is 2.42 bits per heavy atom. The van der Waals surface area contributed by atoms with E-state index in [0.717, 1.165) is 0 Å². The Hall–Kier alpha value is -3.35. The highest BCUT2D eigenvalue weighted by atomic mass is 16.5. The van der Waals surface area contributed by atoms with E-state index in [1.165, 1.54) is 20.3 Å². The quantitative estimate of drug-likeness (QED) is 0.792. The Morgan fingerprint density at radius 2 is 1.75 bits per heavy atom. The van der Waals surface area contributed by atoms with Gasteiger partial charge in [-0.1, -0.05) is 18.2 Å². The number of aromatic nitrogens is 1. The van der Waals surface area contributed by atoms with Crippen LogP contribution in [0, 0.1) is 0 Å². The number of anilines is 1. The first-order valence-electron chi connectivity index (χ1n) is 7.05. The number of ether oxygens (including phenoxy) is 2. The second-order valence-corrected chi connectivity index (χ2v) is 4.85. The minimum Gasteiger partial charge on any atom is -0.493 e. The fraction of sp³-hybridized carbons (Fsp3) is 0.118. The monoisotopic (exact) mass is 326 g/mol. The van der Waals surface area contributed by atoms with E-state index < -0.39 is 11.5 Å². The lowest BCUT2D eigenvalue weighted by Crippen LogP contribution is -2.15. The molecule has 1 amide bonds. The van der Waals surface area contributed by atoms with E-state index in [1.807, 2.05) is 0 Å². The number of benzene rings is 2. The molecule has 24 heavy (non-hydrogen) atoms. The van der Waals surface area contributed by atoms with Gasteiger partial charge in [0.1, 0.15) is 0 Å². The van der Waals surface area contributed by atoms with Crippen LogP contribution < -0.4 is 20.4 Å². The summed E-state index contributed by atoms with van der Waals surface area (Å²) in [4.78, 5) is 28.4. The van der Waals surface area contributed by atoms with Crippen molar-refractivity contribution >= 4 is 22.8 Å². The molecule has 0 aliphatic heterocycles. The van der Waals surface area contributed by atoms with Crippen LogP contribution in [0.4, 0.5) is 6.01 Å². The average Bonchev–Trinajstić information content (AvgIpc) is 2.61. The van der Waals surface area contributed by atoms with E-state index in [1.54, 1.807) is 36.4 Å². The number of fused-ring (bicyclic) bond motifs is 1. The van der Waals surface area contributed by atoms with Crippen LogP contribution in [-0.4, -0.2) is 25.1 Å². The second kappa shape index (κ2) is 6.41. The van der Waals surface area contributed by atoms with E-state index in [9.17, 15) is 9.59 Å². The summed E-state index contributed by atoms with van der Waals surface area (Å²) in [5.74, 6) is 0.384. The van der Waals surface area contributed by atoms with Gasteiger partial charge in [-0.2, -0.15) is 4.98 Å². The number of carbonyl (C=O) groups is 1. The molecule has 0 bridgehead atoms. The van der Waals surface area contributed by atoms with Crippen molar-refractivity contribution in [2.24, 2.45) is 0 Å². The van der Waals surface area contributed by atoms with Gasteiger partial charge in [0, 0.05) is 17.7 Å². The van der Waals surface area contributed by atoms with Gasteiger partial charge in [-0.05, 0) is 12.1 Å². The molecule has 1 aromatic heterocycles. The molecule has 1 heterocycles. The number of nitrogens with zero attached hydrogens (tertiary/aromatic N) is 1. The van der Waals surface area contributed by atoms with Gasteiger partial charge in [0.15, 0.2) is 11.5 Å². The van der Waals surface area contributed by atoms with Crippen LogP contribution >= 0.6 is 0 Å². The van der Waals surface area contributed by atoms with Gasteiger partial charge in [-0.15, -0.1) is 0 Å². The SMILES string of the molecule is COc1cc2nc(NC(=O)c3ccccc3)oc(=O)c2cc1OC. The zero-order chi connectivity index (χ0) is 17.1. The van der Waals surface area contributed by atoms with Crippen molar-refractivity contribution in [3.63, 3.8) is 0 Å². The summed E-state index contributed by atoms with van der Waals surface area (Å²) in [6.45, 7) is 0. The molecule has 0 fully saturated rings. The number of amides is 1. The number of rotatable bonds is 4. The first kappa shape index (κ1) is 15.5. The smallest absolute Gasteiger partial charge is 0.348 e. The Bertz CT molecular complexity index is 950. The molecule has 0 atom stereocenters. The zero-order valence-electron chi connectivity index (χ0n) is 13.0. The van der Waals surface area contributed by atoms with E-state index in [0.29, 0.717) is 22.6 Å². The van der Waals surface area contributed by atoms with E-state index in [4.69, 9.17) is 13.9 Å². The molecule has 0 aliphatic rings. The van der Waals surface area contributed by atoms with Crippen molar-refractivity contribution in [3.05, 3.63) is 58.4 Å². The van der Waals surface area contributed by atoms with Crippen LogP contribution in [0.1, 0.15) is 10.4 Å². The lowest BCUT2D eigenvalue weighted by atomic mass is 10.2.